The van der Waals surface area contributed by atoms with Crippen molar-refractivity contribution in [1.29, 1.82) is 0 Å². The molecule has 1 aromatic rings. The van der Waals surface area contributed by atoms with E-state index in [2.05, 4.69) is 0 Å². The van der Waals surface area contributed by atoms with Crippen LogP contribution in [-0.4, -0.2) is 60.7 Å². The molecule has 0 amide bonds. The highest BCUT2D eigenvalue weighted by Crippen LogP contribution is 2.24. The quantitative estimate of drug-likeness (QED) is 0.436. The number of rotatable bonds is 9. The molecule has 0 aliphatic carbocycles. The maximum Gasteiger partial charge on any atom is 0.215 e. The van der Waals surface area contributed by atoms with Crippen LogP contribution in [-0.2, 0) is 10.0 Å². The Labute approximate surface area is 123 Å². The molecule has 1 aromatic carbocycles. The van der Waals surface area contributed by atoms with Crippen LogP contribution < -0.4 is 5.73 Å². The van der Waals surface area contributed by atoms with Gasteiger partial charge in [-0.25, -0.2) is 8.42 Å². The van der Waals surface area contributed by atoms with Crippen molar-refractivity contribution in [2.24, 2.45) is 0 Å². The Morgan fingerprint density at radius 2 is 1.75 bits per heavy atom. The fourth-order valence-corrected chi connectivity index (χ4v) is 4.39. The van der Waals surface area contributed by atoms with Crippen molar-refractivity contribution in [3.05, 3.63) is 24.3 Å². The number of aliphatic hydroxyl groups excluding tert-OH is 2. The molecule has 0 aliphatic rings. The first kappa shape index (κ1) is 17.3. The van der Waals surface area contributed by atoms with Gasteiger partial charge >= 0.3 is 0 Å². The van der Waals surface area contributed by atoms with Gasteiger partial charge in [-0.3, -0.25) is 0 Å². The second-order valence-corrected chi connectivity index (χ2v) is 7.27. The summed E-state index contributed by atoms with van der Waals surface area (Å²) in [5.74, 6) is 0.301. The van der Waals surface area contributed by atoms with Crippen molar-refractivity contribution < 1.29 is 18.6 Å². The summed E-state index contributed by atoms with van der Waals surface area (Å²) < 4.78 is 25.2. The number of para-hydroxylation sites is 1. The molecule has 8 heteroatoms. The first-order chi connectivity index (χ1) is 9.51. The summed E-state index contributed by atoms with van der Waals surface area (Å²) in [6.07, 6.45) is 0. The van der Waals surface area contributed by atoms with Crippen molar-refractivity contribution in [2.45, 2.75) is 4.90 Å². The maximum atomic E-state index is 12.0. The van der Waals surface area contributed by atoms with Crippen LogP contribution in [0, 0.1) is 0 Å². The van der Waals surface area contributed by atoms with Gasteiger partial charge in [-0.2, -0.15) is 4.31 Å². The highest BCUT2D eigenvalue weighted by atomic mass is 32.2. The molecule has 0 fully saturated rings. The van der Waals surface area contributed by atoms with Gasteiger partial charge in [0.2, 0.25) is 10.0 Å². The van der Waals surface area contributed by atoms with E-state index in [-0.39, 0.29) is 32.1 Å². The fourth-order valence-electron chi connectivity index (χ4n) is 1.61. The number of thioether (sulfide) groups is 1. The summed E-state index contributed by atoms with van der Waals surface area (Å²) >= 11 is 1.37. The minimum atomic E-state index is -3.48. The lowest BCUT2D eigenvalue weighted by Gasteiger charge is -2.20. The number of nitrogens with zero attached hydrogens (tertiary/aromatic N) is 1. The average Bonchev–Trinajstić information content (AvgIpc) is 2.40. The van der Waals surface area contributed by atoms with Crippen LogP contribution in [0.15, 0.2) is 29.2 Å². The Balaban J connectivity index is 2.56. The van der Waals surface area contributed by atoms with E-state index >= 15 is 0 Å². The van der Waals surface area contributed by atoms with Crippen molar-refractivity contribution in [1.82, 2.24) is 4.31 Å². The van der Waals surface area contributed by atoms with Crippen LogP contribution >= 0.6 is 11.8 Å². The summed E-state index contributed by atoms with van der Waals surface area (Å²) in [5.41, 5.74) is 6.40. The minimum Gasteiger partial charge on any atom is -0.398 e. The number of hydrogen-bond donors (Lipinski definition) is 3. The first-order valence-corrected chi connectivity index (χ1v) is 8.77. The third-order valence-corrected chi connectivity index (χ3v) is 5.83. The molecule has 0 unspecified atom stereocenters. The Morgan fingerprint density at radius 3 is 2.30 bits per heavy atom. The van der Waals surface area contributed by atoms with Gasteiger partial charge in [0.1, 0.15) is 0 Å². The first-order valence-electron chi connectivity index (χ1n) is 6.18. The standard InChI is InChI=1S/C12H20N2O4S2/c13-11-3-1-2-4-12(11)19-9-10-20(17,18)14(5-7-15)6-8-16/h1-4,15-16H,5-10,13H2. The molecule has 0 heterocycles. The smallest absolute Gasteiger partial charge is 0.215 e. The molecule has 0 spiro atoms. The number of benzene rings is 1. The number of anilines is 1. The van der Waals surface area contributed by atoms with E-state index in [1.807, 2.05) is 18.2 Å². The Kier molecular flexibility index (Phi) is 7.31. The van der Waals surface area contributed by atoms with Gasteiger partial charge in [-0.05, 0) is 12.1 Å². The molecule has 0 saturated carbocycles. The van der Waals surface area contributed by atoms with E-state index in [1.165, 1.54) is 11.8 Å². The van der Waals surface area contributed by atoms with Crippen molar-refractivity contribution in [3.8, 4) is 0 Å². The molecule has 0 aliphatic heterocycles. The Hall–Kier alpha value is -0.800. The largest absolute Gasteiger partial charge is 0.398 e. The van der Waals surface area contributed by atoms with Gasteiger partial charge in [-0.15, -0.1) is 11.8 Å². The average molecular weight is 320 g/mol. The molecule has 20 heavy (non-hydrogen) atoms. The SMILES string of the molecule is Nc1ccccc1SCCS(=O)(=O)N(CCO)CCO. The maximum absolute atomic E-state index is 12.0. The van der Waals surface area contributed by atoms with E-state index in [1.54, 1.807) is 6.07 Å². The van der Waals surface area contributed by atoms with Crippen molar-refractivity contribution in [2.75, 3.05) is 43.5 Å². The fraction of sp³-hybridized carbons (Fsp3) is 0.500. The molecular weight excluding hydrogens is 300 g/mol. The number of nitrogen functional groups attached to an aromatic ring is 1. The van der Waals surface area contributed by atoms with Crippen LogP contribution in [0.2, 0.25) is 0 Å². The van der Waals surface area contributed by atoms with E-state index in [4.69, 9.17) is 15.9 Å². The summed E-state index contributed by atoms with van der Waals surface area (Å²) in [4.78, 5) is 0.846. The second-order valence-electron chi connectivity index (χ2n) is 4.05. The zero-order chi connectivity index (χ0) is 15.0. The van der Waals surface area contributed by atoms with Crippen LogP contribution in [0.3, 0.4) is 0 Å². The molecule has 1 rings (SSSR count). The molecular formula is C12H20N2O4S2. The van der Waals surface area contributed by atoms with Crippen molar-refractivity contribution in [3.63, 3.8) is 0 Å². The molecule has 0 radical (unpaired) electrons. The van der Waals surface area contributed by atoms with E-state index in [0.717, 1.165) is 9.20 Å². The number of aliphatic hydroxyl groups is 2. The van der Waals surface area contributed by atoms with Crippen LogP contribution in [0.4, 0.5) is 5.69 Å². The van der Waals surface area contributed by atoms with E-state index in [0.29, 0.717) is 11.4 Å². The number of hydrogen-bond acceptors (Lipinski definition) is 6. The highest BCUT2D eigenvalue weighted by molar-refractivity contribution is 8.00. The molecule has 4 N–H and O–H groups in total. The normalized spacial score (nSPS) is 11.9. The third kappa shape index (κ3) is 5.29. The Bertz CT molecular complexity index is 502. The lowest BCUT2D eigenvalue weighted by atomic mass is 10.3. The summed E-state index contributed by atoms with van der Waals surface area (Å²) in [6.45, 7) is -0.530. The molecule has 0 bridgehead atoms. The lowest BCUT2D eigenvalue weighted by molar-refractivity contribution is 0.217. The van der Waals surface area contributed by atoms with Gasteiger partial charge in [-0.1, -0.05) is 12.1 Å². The second kappa shape index (κ2) is 8.48. The summed E-state index contributed by atoms with van der Waals surface area (Å²) in [5, 5.41) is 17.7. The number of nitrogens with two attached hydrogens (primary N) is 1. The van der Waals surface area contributed by atoms with Gasteiger partial charge < -0.3 is 15.9 Å². The summed E-state index contributed by atoms with van der Waals surface area (Å²) in [6, 6.07) is 7.27. The van der Waals surface area contributed by atoms with Crippen LogP contribution in [0.5, 0.6) is 0 Å². The molecule has 0 atom stereocenters. The zero-order valence-corrected chi connectivity index (χ0v) is 12.7. The van der Waals surface area contributed by atoms with Gasteiger partial charge in [0, 0.05) is 29.4 Å². The molecule has 0 saturated heterocycles. The van der Waals surface area contributed by atoms with Crippen LogP contribution in [0.1, 0.15) is 0 Å². The zero-order valence-electron chi connectivity index (χ0n) is 11.1. The van der Waals surface area contributed by atoms with E-state index < -0.39 is 10.0 Å². The topological polar surface area (TPSA) is 104 Å². The summed E-state index contributed by atoms with van der Waals surface area (Å²) in [7, 11) is -3.48. The highest BCUT2D eigenvalue weighted by Gasteiger charge is 2.20. The van der Waals surface area contributed by atoms with Crippen molar-refractivity contribution >= 4 is 27.5 Å². The monoisotopic (exact) mass is 320 g/mol. The lowest BCUT2D eigenvalue weighted by Crippen LogP contribution is -2.37. The third-order valence-electron chi connectivity index (χ3n) is 2.61. The number of sulfonamides is 1. The predicted molar refractivity (Wildman–Crippen MR) is 81.1 cm³/mol. The molecule has 114 valence electrons. The predicted octanol–water partition coefficient (Wildman–Crippen LogP) is -0.0227. The van der Waals surface area contributed by atoms with Gasteiger partial charge in [0.05, 0.1) is 19.0 Å². The van der Waals surface area contributed by atoms with Gasteiger partial charge in [0.25, 0.3) is 0 Å². The minimum absolute atomic E-state index is 0.00103. The van der Waals surface area contributed by atoms with Gasteiger partial charge in [0.15, 0.2) is 0 Å². The Morgan fingerprint density at radius 1 is 1.15 bits per heavy atom. The van der Waals surface area contributed by atoms with Crippen LogP contribution in [0.25, 0.3) is 0 Å². The molecule has 0 aromatic heterocycles. The van der Waals surface area contributed by atoms with E-state index in [9.17, 15) is 8.42 Å². The molecule has 6 nitrogen and oxygen atoms in total.